The number of ketones is 2. The van der Waals surface area contributed by atoms with Gasteiger partial charge in [-0.3, -0.25) is 9.59 Å². The summed E-state index contributed by atoms with van der Waals surface area (Å²) in [5.41, 5.74) is -5.15. The number of alkyl halides is 3. The summed E-state index contributed by atoms with van der Waals surface area (Å²) in [5, 5.41) is 31.6. The zero-order chi connectivity index (χ0) is 26.5. The quantitative estimate of drug-likeness (QED) is 0.423. The summed E-state index contributed by atoms with van der Waals surface area (Å²) >= 11 is 20.5. The van der Waals surface area contributed by atoms with Crippen LogP contribution in [0.3, 0.4) is 0 Å². The Morgan fingerprint density at radius 1 is 1.06 bits per heavy atom. The lowest BCUT2D eigenvalue weighted by Gasteiger charge is -2.60. The van der Waals surface area contributed by atoms with Crippen molar-refractivity contribution >= 4 is 46.4 Å². The fourth-order valence-corrected chi connectivity index (χ4v) is 7.45. The van der Waals surface area contributed by atoms with Crippen LogP contribution in [0.4, 0.5) is 0 Å². The molecule has 0 aromatic heterocycles. The molecule has 2 unspecified atom stereocenters. The molecule has 0 bridgehead atoms. The smallest absolute Gasteiger partial charge is 0.197 e. The minimum Gasteiger partial charge on any atom is -0.508 e. The molecule has 4 rings (SSSR count). The Kier molecular flexibility index (Phi) is 6.15. The molecule has 6 atom stereocenters. The molecule has 2 aliphatic carbocycles. The van der Waals surface area contributed by atoms with Crippen LogP contribution in [-0.2, 0) is 4.74 Å². The third-order valence-corrected chi connectivity index (χ3v) is 11.0. The summed E-state index contributed by atoms with van der Waals surface area (Å²) in [6.45, 7) is 10.5. The number of hydrogen-bond donors (Lipinski definition) is 3. The van der Waals surface area contributed by atoms with Gasteiger partial charge in [0.1, 0.15) is 16.4 Å². The molecule has 194 valence electrons. The average molecular weight is 548 g/mol. The van der Waals surface area contributed by atoms with Gasteiger partial charge in [0.05, 0.1) is 22.1 Å². The second-order valence-electron chi connectivity index (χ2n) is 11.9. The lowest BCUT2D eigenvalue weighted by molar-refractivity contribution is -0.189. The Labute approximate surface area is 220 Å². The molecule has 3 N–H and O–H groups in total. The Bertz CT molecular complexity index is 1110. The number of benzene rings is 1. The van der Waals surface area contributed by atoms with E-state index in [1.165, 1.54) is 13.0 Å². The van der Waals surface area contributed by atoms with Gasteiger partial charge in [0.25, 0.3) is 0 Å². The summed E-state index contributed by atoms with van der Waals surface area (Å²) in [5.74, 6) is -2.71. The van der Waals surface area contributed by atoms with E-state index in [0.717, 1.165) is 0 Å². The fourth-order valence-electron chi connectivity index (χ4n) is 6.38. The van der Waals surface area contributed by atoms with E-state index in [4.69, 9.17) is 39.5 Å². The normalized spacial score (nSPS) is 40.2. The molecular formula is C26H33Cl3O6. The predicted octanol–water partition coefficient (Wildman–Crippen LogP) is 5.49. The van der Waals surface area contributed by atoms with Crippen LogP contribution in [0.25, 0.3) is 0 Å². The van der Waals surface area contributed by atoms with Crippen molar-refractivity contribution in [2.24, 2.45) is 11.3 Å². The van der Waals surface area contributed by atoms with Gasteiger partial charge < -0.3 is 20.1 Å². The minimum atomic E-state index is -1.94. The van der Waals surface area contributed by atoms with E-state index in [9.17, 15) is 24.9 Å². The third-order valence-electron chi connectivity index (χ3n) is 8.87. The number of aliphatic hydroxyl groups is 1. The van der Waals surface area contributed by atoms with Crippen molar-refractivity contribution in [3.05, 3.63) is 22.8 Å². The molecule has 1 aliphatic heterocycles. The molecule has 9 heteroatoms. The molecule has 3 aliphatic rings. The lowest BCUT2D eigenvalue weighted by Crippen LogP contribution is -2.74. The maximum atomic E-state index is 14.4. The number of phenols is 2. The number of phenolic OH excluding ortho intramolecular Hbond substituents is 2. The summed E-state index contributed by atoms with van der Waals surface area (Å²) in [6, 6.07) is 1.18. The highest BCUT2D eigenvalue weighted by atomic mass is 35.5. The van der Waals surface area contributed by atoms with Gasteiger partial charge in [0.15, 0.2) is 17.2 Å². The van der Waals surface area contributed by atoms with E-state index < -0.39 is 55.7 Å². The van der Waals surface area contributed by atoms with Crippen LogP contribution >= 0.6 is 34.8 Å². The van der Waals surface area contributed by atoms with Crippen molar-refractivity contribution in [2.75, 3.05) is 0 Å². The molecule has 0 radical (unpaired) electrons. The van der Waals surface area contributed by atoms with Gasteiger partial charge >= 0.3 is 0 Å². The second-order valence-corrected chi connectivity index (χ2v) is 13.6. The van der Waals surface area contributed by atoms with Crippen molar-refractivity contribution in [2.45, 2.75) is 99.7 Å². The van der Waals surface area contributed by atoms with Gasteiger partial charge in [0.2, 0.25) is 0 Å². The Morgan fingerprint density at radius 2 is 1.66 bits per heavy atom. The number of carbonyl (C=O) groups is 2. The first-order chi connectivity index (χ1) is 15.8. The number of ether oxygens (including phenoxy) is 1. The summed E-state index contributed by atoms with van der Waals surface area (Å²) in [6.07, 6.45) is 0.809. The number of hydrogen-bond acceptors (Lipinski definition) is 6. The highest BCUT2D eigenvalue weighted by Crippen LogP contribution is 2.61. The summed E-state index contributed by atoms with van der Waals surface area (Å²) in [7, 11) is 0. The molecule has 6 nitrogen and oxygen atoms in total. The SMILES string of the molecule is Cc1c(O)cc2c(c1O)C(=O)[C@@]1(Cl)C[C@@H](Cl)C(C)(C)O[C@@]1(CC1C(C)(C)C(Cl)CC[C@@]1(C)O)C2=O. The van der Waals surface area contributed by atoms with E-state index in [1.807, 2.05) is 13.8 Å². The molecule has 1 aromatic carbocycles. The van der Waals surface area contributed by atoms with Crippen molar-refractivity contribution in [3.63, 3.8) is 0 Å². The Hall–Kier alpha value is -1.05. The minimum absolute atomic E-state index is 0.0680. The molecule has 0 spiro atoms. The third kappa shape index (κ3) is 3.58. The van der Waals surface area contributed by atoms with Gasteiger partial charge in [-0.2, -0.15) is 0 Å². The molecule has 1 aromatic rings. The standard InChI is InChI=1S/C26H33Cl3O6/c1-12-14(30)9-13-18(19(12)31)21(33)25(29)11-17(28)23(4,5)35-26(25,20(13)32)10-15-22(2,3)16(27)7-8-24(15,6)34/h9,15-17,30-31,34H,7-8,10-11H2,1-6H3/t15?,16?,17-,24-,25+,26+/m1/s1. The first kappa shape index (κ1) is 27.0. The number of fused-ring (bicyclic) bond motifs is 2. The number of carbonyl (C=O) groups excluding carboxylic acids is 2. The van der Waals surface area contributed by atoms with Gasteiger partial charge in [0, 0.05) is 16.5 Å². The number of halogens is 3. The largest absolute Gasteiger partial charge is 0.508 e. The Morgan fingerprint density at radius 3 is 2.26 bits per heavy atom. The molecular weight excluding hydrogens is 515 g/mol. The van der Waals surface area contributed by atoms with E-state index >= 15 is 0 Å². The maximum Gasteiger partial charge on any atom is 0.197 e. The van der Waals surface area contributed by atoms with E-state index in [2.05, 4.69) is 0 Å². The van der Waals surface area contributed by atoms with E-state index in [1.54, 1.807) is 20.8 Å². The van der Waals surface area contributed by atoms with Crippen molar-refractivity contribution in [3.8, 4) is 11.5 Å². The summed E-state index contributed by atoms with van der Waals surface area (Å²) in [4.78, 5) is 26.5. The molecule has 2 fully saturated rings. The van der Waals surface area contributed by atoms with E-state index in [0.29, 0.717) is 12.8 Å². The first-order valence-electron chi connectivity index (χ1n) is 11.9. The molecule has 1 saturated heterocycles. The molecule has 35 heavy (non-hydrogen) atoms. The molecule has 1 saturated carbocycles. The highest BCUT2D eigenvalue weighted by molar-refractivity contribution is 6.45. The topological polar surface area (TPSA) is 104 Å². The van der Waals surface area contributed by atoms with Crippen LogP contribution in [0.15, 0.2) is 6.07 Å². The van der Waals surface area contributed by atoms with E-state index in [-0.39, 0.29) is 40.7 Å². The van der Waals surface area contributed by atoms with Gasteiger partial charge in [-0.15, -0.1) is 34.8 Å². The summed E-state index contributed by atoms with van der Waals surface area (Å²) < 4.78 is 6.50. The van der Waals surface area contributed by atoms with Crippen molar-refractivity contribution in [1.29, 1.82) is 0 Å². The molecule has 0 amide bonds. The second kappa shape index (κ2) is 7.97. The first-order valence-corrected chi connectivity index (χ1v) is 13.1. The molecule has 1 heterocycles. The van der Waals surface area contributed by atoms with Gasteiger partial charge in [-0.25, -0.2) is 0 Å². The van der Waals surface area contributed by atoms with Crippen LogP contribution < -0.4 is 0 Å². The number of Topliss-reactive ketones (excluding diaryl/α,β-unsaturated/α-hetero) is 2. The van der Waals surface area contributed by atoms with Gasteiger partial charge in [-0.1, -0.05) is 13.8 Å². The lowest BCUT2D eigenvalue weighted by atomic mass is 9.54. The zero-order valence-corrected chi connectivity index (χ0v) is 23.1. The zero-order valence-electron chi connectivity index (χ0n) is 20.8. The number of rotatable bonds is 2. The van der Waals surface area contributed by atoms with Gasteiger partial charge in [-0.05, 0) is 70.8 Å². The Balaban J connectivity index is 2.01. The van der Waals surface area contributed by atoms with Crippen LogP contribution in [0.1, 0.15) is 86.6 Å². The van der Waals surface area contributed by atoms with Crippen LogP contribution in [0.2, 0.25) is 0 Å². The highest BCUT2D eigenvalue weighted by Gasteiger charge is 2.72. The van der Waals surface area contributed by atoms with Crippen molar-refractivity contribution < 1.29 is 29.6 Å². The monoisotopic (exact) mass is 546 g/mol. The maximum absolute atomic E-state index is 14.4. The fraction of sp³-hybridized carbons (Fsp3) is 0.692. The predicted molar refractivity (Wildman–Crippen MR) is 135 cm³/mol. The van der Waals surface area contributed by atoms with Crippen molar-refractivity contribution in [1.82, 2.24) is 0 Å². The van der Waals surface area contributed by atoms with Crippen LogP contribution in [0, 0.1) is 18.3 Å². The number of aromatic hydroxyl groups is 2. The average Bonchev–Trinajstić information content (AvgIpc) is 2.74. The van der Waals surface area contributed by atoms with Crippen LogP contribution in [-0.4, -0.2) is 59.3 Å². The van der Waals surface area contributed by atoms with Crippen LogP contribution in [0.5, 0.6) is 11.5 Å².